The standard InChI is InChI=1S/C22H29NO2/c1-17-11-18(2)14-23(13-17)15-20-9-10-21(22(12-20)24-3)25-16-19-7-5-4-6-8-19/h4-10,12,17-18H,11,13-16H2,1-3H3/t17-,18-/m0/s1. The van der Waals surface area contributed by atoms with Crippen molar-refractivity contribution in [3.63, 3.8) is 0 Å². The number of rotatable bonds is 6. The van der Waals surface area contributed by atoms with Crippen molar-refractivity contribution in [3.05, 3.63) is 59.7 Å². The van der Waals surface area contributed by atoms with Gasteiger partial charge in [-0.1, -0.05) is 50.2 Å². The van der Waals surface area contributed by atoms with Crippen molar-refractivity contribution in [1.29, 1.82) is 0 Å². The zero-order valence-corrected chi connectivity index (χ0v) is 15.6. The average Bonchev–Trinajstić information content (AvgIpc) is 2.60. The van der Waals surface area contributed by atoms with E-state index < -0.39 is 0 Å². The van der Waals surface area contributed by atoms with Crippen molar-refractivity contribution >= 4 is 0 Å². The molecule has 2 aromatic carbocycles. The molecule has 2 aromatic rings. The Morgan fingerprint density at radius 3 is 2.32 bits per heavy atom. The van der Waals surface area contributed by atoms with E-state index in [0.717, 1.165) is 35.4 Å². The molecule has 1 saturated heterocycles. The van der Waals surface area contributed by atoms with Gasteiger partial charge in [-0.05, 0) is 41.5 Å². The summed E-state index contributed by atoms with van der Waals surface area (Å²) in [4.78, 5) is 2.55. The van der Waals surface area contributed by atoms with Gasteiger partial charge in [0.2, 0.25) is 0 Å². The first-order valence-corrected chi connectivity index (χ1v) is 9.20. The maximum absolute atomic E-state index is 5.95. The Hall–Kier alpha value is -2.00. The molecule has 1 aliphatic rings. The minimum Gasteiger partial charge on any atom is -0.493 e. The van der Waals surface area contributed by atoms with Crippen LogP contribution in [0.15, 0.2) is 48.5 Å². The third-order valence-corrected chi connectivity index (χ3v) is 4.82. The molecule has 2 atom stereocenters. The highest BCUT2D eigenvalue weighted by molar-refractivity contribution is 5.43. The summed E-state index contributed by atoms with van der Waals surface area (Å²) >= 11 is 0. The molecule has 0 saturated carbocycles. The molecular formula is C22H29NO2. The molecule has 25 heavy (non-hydrogen) atoms. The molecular weight excluding hydrogens is 310 g/mol. The molecule has 0 bridgehead atoms. The van der Waals surface area contributed by atoms with Crippen LogP contribution in [0.25, 0.3) is 0 Å². The quantitative estimate of drug-likeness (QED) is 0.758. The molecule has 3 nitrogen and oxygen atoms in total. The first-order chi connectivity index (χ1) is 12.1. The molecule has 0 unspecified atom stereocenters. The van der Waals surface area contributed by atoms with Crippen LogP contribution in [0, 0.1) is 11.8 Å². The Kier molecular flexibility index (Phi) is 5.98. The topological polar surface area (TPSA) is 21.7 Å². The van der Waals surface area contributed by atoms with E-state index in [2.05, 4.69) is 43.0 Å². The van der Waals surface area contributed by atoms with E-state index in [0.29, 0.717) is 6.61 Å². The Balaban J connectivity index is 1.64. The summed E-state index contributed by atoms with van der Waals surface area (Å²) in [5.74, 6) is 3.17. The van der Waals surface area contributed by atoms with E-state index in [4.69, 9.17) is 9.47 Å². The lowest BCUT2D eigenvalue weighted by molar-refractivity contribution is 0.134. The highest BCUT2D eigenvalue weighted by atomic mass is 16.5. The molecule has 0 aromatic heterocycles. The van der Waals surface area contributed by atoms with Crippen molar-refractivity contribution in [2.75, 3.05) is 20.2 Å². The molecule has 3 rings (SSSR count). The number of nitrogens with zero attached hydrogens (tertiary/aromatic N) is 1. The summed E-state index contributed by atoms with van der Waals surface area (Å²) in [5, 5.41) is 0. The third kappa shape index (κ3) is 4.99. The van der Waals surface area contributed by atoms with Gasteiger partial charge in [0.15, 0.2) is 11.5 Å². The second kappa shape index (κ2) is 8.39. The average molecular weight is 339 g/mol. The molecule has 0 aliphatic carbocycles. The van der Waals surface area contributed by atoms with Gasteiger partial charge in [-0.2, -0.15) is 0 Å². The van der Waals surface area contributed by atoms with Crippen molar-refractivity contribution in [3.8, 4) is 11.5 Å². The van der Waals surface area contributed by atoms with E-state index in [-0.39, 0.29) is 0 Å². The lowest BCUT2D eigenvalue weighted by Crippen LogP contribution is -2.38. The number of hydrogen-bond donors (Lipinski definition) is 0. The van der Waals surface area contributed by atoms with Crippen LogP contribution in [-0.2, 0) is 13.2 Å². The smallest absolute Gasteiger partial charge is 0.161 e. The lowest BCUT2D eigenvalue weighted by atomic mass is 9.91. The van der Waals surface area contributed by atoms with Crippen molar-refractivity contribution in [2.24, 2.45) is 11.8 Å². The fraction of sp³-hybridized carbons (Fsp3) is 0.455. The molecule has 0 radical (unpaired) electrons. The van der Waals surface area contributed by atoms with Crippen molar-refractivity contribution in [2.45, 2.75) is 33.4 Å². The van der Waals surface area contributed by atoms with Gasteiger partial charge in [0, 0.05) is 19.6 Å². The van der Waals surface area contributed by atoms with Crippen molar-refractivity contribution in [1.82, 2.24) is 4.90 Å². The second-order valence-electron chi connectivity index (χ2n) is 7.40. The number of ether oxygens (including phenoxy) is 2. The lowest BCUT2D eigenvalue weighted by Gasteiger charge is -2.35. The minimum absolute atomic E-state index is 0.553. The fourth-order valence-corrected chi connectivity index (χ4v) is 3.84. The molecule has 0 N–H and O–H groups in total. The predicted octanol–water partition coefficient (Wildman–Crippen LogP) is 4.75. The van der Waals surface area contributed by atoms with Gasteiger partial charge in [-0.3, -0.25) is 4.90 Å². The van der Waals surface area contributed by atoms with Crippen molar-refractivity contribution < 1.29 is 9.47 Å². The summed E-state index contributed by atoms with van der Waals surface area (Å²) in [7, 11) is 1.71. The molecule has 134 valence electrons. The van der Waals surface area contributed by atoms with E-state index in [1.165, 1.54) is 25.1 Å². The Labute approximate surface area is 151 Å². The van der Waals surface area contributed by atoms with Crippen LogP contribution in [0.5, 0.6) is 11.5 Å². The highest BCUT2D eigenvalue weighted by Gasteiger charge is 2.22. The highest BCUT2D eigenvalue weighted by Crippen LogP contribution is 2.30. The van der Waals surface area contributed by atoms with Gasteiger partial charge in [-0.25, -0.2) is 0 Å². The Morgan fingerprint density at radius 2 is 1.64 bits per heavy atom. The normalized spacial score (nSPS) is 21.1. The molecule has 0 spiro atoms. The SMILES string of the molecule is COc1cc(CN2C[C@@H](C)C[C@H](C)C2)ccc1OCc1ccccc1. The number of likely N-dealkylation sites (tertiary alicyclic amines) is 1. The first kappa shape index (κ1) is 17.8. The summed E-state index contributed by atoms with van der Waals surface area (Å²) in [6.45, 7) is 8.59. The summed E-state index contributed by atoms with van der Waals surface area (Å²) < 4.78 is 11.5. The first-order valence-electron chi connectivity index (χ1n) is 9.20. The van der Waals surface area contributed by atoms with E-state index in [1.807, 2.05) is 24.3 Å². The fourth-order valence-electron chi connectivity index (χ4n) is 3.84. The minimum atomic E-state index is 0.553. The van der Waals surface area contributed by atoms with Crippen LogP contribution in [0.2, 0.25) is 0 Å². The monoisotopic (exact) mass is 339 g/mol. The zero-order valence-electron chi connectivity index (χ0n) is 15.6. The largest absolute Gasteiger partial charge is 0.493 e. The van der Waals surface area contributed by atoms with Gasteiger partial charge in [0.05, 0.1) is 7.11 Å². The number of piperidine rings is 1. The summed E-state index contributed by atoms with van der Waals surface area (Å²) in [6, 6.07) is 16.5. The predicted molar refractivity (Wildman–Crippen MR) is 102 cm³/mol. The molecule has 0 amide bonds. The summed E-state index contributed by atoms with van der Waals surface area (Å²) in [5.41, 5.74) is 2.44. The third-order valence-electron chi connectivity index (χ3n) is 4.82. The van der Waals surface area contributed by atoms with E-state index in [9.17, 15) is 0 Å². The molecule has 1 heterocycles. The Morgan fingerprint density at radius 1 is 0.920 bits per heavy atom. The van der Waals surface area contributed by atoms with Gasteiger partial charge >= 0.3 is 0 Å². The summed E-state index contributed by atoms with van der Waals surface area (Å²) in [6.07, 6.45) is 1.34. The van der Waals surface area contributed by atoms with Crippen LogP contribution >= 0.6 is 0 Å². The van der Waals surface area contributed by atoms with Crippen LogP contribution in [0.3, 0.4) is 0 Å². The molecule has 3 heteroatoms. The maximum Gasteiger partial charge on any atom is 0.161 e. The number of benzene rings is 2. The van der Waals surface area contributed by atoms with E-state index >= 15 is 0 Å². The maximum atomic E-state index is 5.95. The molecule has 1 fully saturated rings. The van der Waals surface area contributed by atoms with Gasteiger partial charge in [0.1, 0.15) is 6.61 Å². The second-order valence-corrected chi connectivity index (χ2v) is 7.40. The van der Waals surface area contributed by atoms with Crippen LogP contribution in [0.4, 0.5) is 0 Å². The number of hydrogen-bond acceptors (Lipinski definition) is 3. The van der Waals surface area contributed by atoms with Crippen LogP contribution in [0.1, 0.15) is 31.4 Å². The van der Waals surface area contributed by atoms with Crippen LogP contribution in [-0.4, -0.2) is 25.1 Å². The van der Waals surface area contributed by atoms with Gasteiger partial charge in [0.25, 0.3) is 0 Å². The Bertz CT molecular complexity index is 661. The van der Waals surface area contributed by atoms with Gasteiger partial charge in [-0.15, -0.1) is 0 Å². The zero-order chi connectivity index (χ0) is 17.6. The van der Waals surface area contributed by atoms with Gasteiger partial charge < -0.3 is 9.47 Å². The molecule has 1 aliphatic heterocycles. The number of methoxy groups -OCH3 is 1. The van der Waals surface area contributed by atoms with E-state index in [1.54, 1.807) is 7.11 Å². The van der Waals surface area contributed by atoms with Crippen LogP contribution < -0.4 is 9.47 Å².